The van der Waals surface area contributed by atoms with Crippen molar-refractivity contribution in [2.75, 3.05) is 18.0 Å². The number of benzene rings is 1. The molecule has 5 rings (SSSR count). The van der Waals surface area contributed by atoms with Crippen LogP contribution in [0.15, 0.2) is 48.1 Å². The van der Waals surface area contributed by atoms with Crippen LogP contribution in [0.4, 0.5) is 5.82 Å². The van der Waals surface area contributed by atoms with Gasteiger partial charge in [-0.1, -0.05) is 30.3 Å². The van der Waals surface area contributed by atoms with Crippen LogP contribution >= 0.6 is 11.3 Å². The minimum atomic E-state index is -0.0737. The van der Waals surface area contributed by atoms with E-state index in [9.17, 15) is 4.79 Å². The van der Waals surface area contributed by atoms with Crippen LogP contribution in [-0.4, -0.2) is 34.5 Å². The smallest absolute Gasteiger partial charge is 0.228 e. The number of piperidine rings is 1. The van der Waals surface area contributed by atoms with Gasteiger partial charge >= 0.3 is 0 Å². The molecule has 1 atom stereocenters. The molecule has 1 unspecified atom stereocenters. The highest BCUT2D eigenvalue weighted by molar-refractivity contribution is 7.17. The Hall–Kier alpha value is -2.47. The molecule has 2 fully saturated rings. The molecule has 0 aliphatic carbocycles. The van der Waals surface area contributed by atoms with Crippen molar-refractivity contribution in [1.29, 1.82) is 0 Å². The molecule has 6 heteroatoms. The third-order valence-corrected chi connectivity index (χ3v) is 6.65. The largest absolute Gasteiger partial charge is 0.355 e. The van der Waals surface area contributed by atoms with Gasteiger partial charge in [0.1, 0.15) is 12.1 Å². The fraction of sp³-hybridized carbons (Fsp3) is 0.350. The van der Waals surface area contributed by atoms with Crippen molar-refractivity contribution in [2.24, 2.45) is 0 Å². The summed E-state index contributed by atoms with van der Waals surface area (Å²) >= 11 is 1.69. The second-order valence-electron chi connectivity index (χ2n) is 7.26. The van der Waals surface area contributed by atoms with Crippen LogP contribution < -0.4 is 10.2 Å². The fourth-order valence-corrected chi connectivity index (χ4v) is 5.18. The van der Waals surface area contributed by atoms with Gasteiger partial charge in [-0.3, -0.25) is 4.79 Å². The number of nitrogens with zero attached hydrogens (tertiary/aromatic N) is 3. The predicted octanol–water partition coefficient (Wildman–Crippen LogP) is 3.33. The predicted molar refractivity (Wildman–Crippen MR) is 104 cm³/mol. The summed E-state index contributed by atoms with van der Waals surface area (Å²) in [6.07, 6.45) is 4.46. The highest BCUT2D eigenvalue weighted by Crippen LogP contribution is 2.40. The molecule has 26 heavy (non-hydrogen) atoms. The molecule has 2 aromatic heterocycles. The van der Waals surface area contributed by atoms with E-state index < -0.39 is 0 Å². The minimum Gasteiger partial charge on any atom is -0.355 e. The molecule has 1 amide bonds. The van der Waals surface area contributed by atoms with Crippen molar-refractivity contribution >= 4 is 33.3 Å². The van der Waals surface area contributed by atoms with Crippen molar-refractivity contribution in [3.8, 4) is 0 Å². The summed E-state index contributed by atoms with van der Waals surface area (Å²) in [6, 6.07) is 12.2. The number of anilines is 1. The topological polar surface area (TPSA) is 58.1 Å². The zero-order valence-corrected chi connectivity index (χ0v) is 15.2. The van der Waals surface area contributed by atoms with Gasteiger partial charge in [0.25, 0.3) is 0 Å². The maximum absolute atomic E-state index is 12.6. The molecule has 4 heterocycles. The first-order valence-electron chi connectivity index (χ1n) is 9.04. The number of nitrogens with one attached hydrogen (secondary N) is 1. The van der Waals surface area contributed by atoms with Crippen molar-refractivity contribution in [3.63, 3.8) is 0 Å². The zero-order valence-electron chi connectivity index (χ0n) is 14.4. The van der Waals surface area contributed by atoms with E-state index in [2.05, 4.69) is 37.7 Å². The highest BCUT2D eigenvalue weighted by atomic mass is 32.1. The molecule has 132 valence electrons. The Balaban J connectivity index is 1.34. The summed E-state index contributed by atoms with van der Waals surface area (Å²) in [5.74, 6) is 1.18. The van der Waals surface area contributed by atoms with E-state index in [0.717, 1.165) is 53.9 Å². The first-order chi connectivity index (χ1) is 12.7. The van der Waals surface area contributed by atoms with Crippen molar-refractivity contribution < 1.29 is 4.79 Å². The van der Waals surface area contributed by atoms with Gasteiger partial charge in [0.15, 0.2) is 0 Å². The Morgan fingerprint density at radius 2 is 1.92 bits per heavy atom. The Kier molecular flexibility index (Phi) is 3.67. The van der Waals surface area contributed by atoms with E-state index in [0.29, 0.717) is 0 Å². The number of hydrogen-bond acceptors (Lipinski definition) is 5. The number of carbonyl (C=O) groups is 1. The number of hydrogen-bond donors (Lipinski definition) is 1. The number of aromatic nitrogens is 2. The van der Waals surface area contributed by atoms with Crippen LogP contribution in [0.2, 0.25) is 0 Å². The van der Waals surface area contributed by atoms with E-state index in [-0.39, 0.29) is 17.4 Å². The fourth-order valence-electron chi connectivity index (χ4n) is 4.31. The molecule has 2 saturated heterocycles. The minimum absolute atomic E-state index is 0.0224. The molecule has 1 aromatic carbocycles. The summed E-state index contributed by atoms with van der Waals surface area (Å²) in [5.41, 5.74) is 2.06. The normalized spacial score (nSPS) is 22.1. The molecule has 2 aliphatic heterocycles. The third-order valence-electron chi connectivity index (χ3n) is 5.75. The summed E-state index contributed by atoms with van der Waals surface area (Å²) in [7, 11) is 0. The Bertz CT molecular complexity index is 947. The maximum atomic E-state index is 12.6. The lowest BCUT2D eigenvalue weighted by Crippen LogP contribution is -2.51. The van der Waals surface area contributed by atoms with Crippen LogP contribution in [0, 0.1) is 0 Å². The van der Waals surface area contributed by atoms with Gasteiger partial charge in [-0.25, -0.2) is 9.97 Å². The van der Waals surface area contributed by atoms with Gasteiger partial charge in [-0.2, -0.15) is 0 Å². The Labute approximate surface area is 156 Å². The SMILES string of the molecule is O=C1NC2(CCN(c3ncnc4ccsc34)CC2)CC1c1ccccc1. The van der Waals surface area contributed by atoms with Gasteiger partial charge < -0.3 is 10.2 Å². The summed E-state index contributed by atoms with van der Waals surface area (Å²) in [4.78, 5) is 23.8. The quantitative estimate of drug-likeness (QED) is 0.758. The third kappa shape index (κ3) is 2.56. The molecule has 1 N–H and O–H groups in total. The molecule has 5 nitrogen and oxygen atoms in total. The van der Waals surface area contributed by atoms with Gasteiger partial charge in [-0.05, 0) is 36.3 Å². The Morgan fingerprint density at radius 3 is 2.73 bits per heavy atom. The lowest BCUT2D eigenvalue weighted by molar-refractivity contribution is -0.121. The monoisotopic (exact) mass is 364 g/mol. The van der Waals surface area contributed by atoms with E-state index in [1.807, 2.05) is 24.3 Å². The number of thiophene rings is 1. The van der Waals surface area contributed by atoms with Crippen molar-refractivity contribution in [3.05, 3.63) is 53.7 Å². The number of carbonyl (C=O) groups excluding carboxylic acids is 1. The molecule has 3 aromatic rings. The lowest BCUT2D eigenvalue weighted by Gasteiger charge is -2.39. The molecule has 1 spiro atoms. The zero-order chi connectivity index (χ0) is 17.6. The van der Waals surface area contributed by atoms with Gasteiger partial charge in [0, 0.05) is 18.6 Å². The van der Waals surface area contributed by atoms with Crippen LogP contribution in [0.1, 0.15) is 30.7 Å². The maximum Gasteiger partial charge on any atom is 0.228 e. The summed E-state index contributed by atoms with van der Waals surface area (Å²) in [5, 5.41) is 5.39. The van der Waals surface area contributed by atoms with E-state index >= 15 is 0 Å². The van der Waals surface area contributed by atoms with E-state index in [1.54, 1.807) is 17.7 Å². The number of fused-ring (bicyclic) bond motifs is 1. The highest BCUT2D eigenvalue weighted by Gasteiger charge is 2.46. The molecular weight excluding hydrogens is 344 g/mol. The molecule has 2 aliphatic rings. The molecule has 0 bridgehead atoms. The average molecular weight is 364 g/mol. The van der Waals surface area contributed by atoms with Gasteiger partial charge in [-0.15, -0.1) is 11.3 Å². The number of rotatable bonds is 2. The van der Waals surface area contributed by atoms with E-state index in [4.69, 9.17) is 0 Å². The van der Waals surface area contributed by atoms with Crippen molar-refractivity contribution in [2.45, 2.75) is 30.7 Å². The first kappa shape index (κ1) is 15.8. The molecule has 0 radical (unpaired) electrons. The van der Waals surface area contributed by atoms with Crippen LogP contribution in [0.5, 0.6) is 0 Å². The van der Waals surface area contributed by atoms with Crippen LogP contribution in [0.25, 0.3) is 10.2 Å². The summed E-state index contributed by atoms with van der Waals surface area (Å²) < 4.78 is 1.15. The lowest BCUT2D eigenvalue weighted by atomic mass is 9.82. The Morgan fingerprint density at radius 1 is 1.12 bits per heavy atom. The van der Waals surface area contributed by atoms with E-state index in [1.165, 1.54) is 0 Å². The van der Waals surface area contributed by atoms with Crippen molar-refractivity contribution in [1.82, 2.24) is 15.3 Å². The standard InChI is InChI=1S/C20H20N4OS/c25-19-15(14-4-2-1-3-5-14)12-20(23-19)7-9-24(10-8-20)18-17-16(6-11-26-17)21-13-22-18/h1-6,11,13,15H,7-10,12H2,(H,23,25). The molecular formula is C20H20N4OS. The van der Waals surface area contributed by atoms with Crippen LogP contribution in [0.3, 0.4) is 0 Å². The first-order valence-corrected chi connectivity index (χ1v) is 9.92. The van der Waals surface area contributed by atoms with Gasteiger partial charge in [0.2, 0.25) is 5.91 Å². The average Bonchev–Trinajstić information content (AvgIpc) is 3.28. The van der Waals surface area contributed by atoms with Crippen LogP contribution in [-0.2, 0) is 4.79 Å². The summed E-state index contributed by atoms with van der Waals surface area (Å²) in [6.45, 7) is 1.82. The second-order valence-corrected chi connectivity index (χ2v) is 8.17. The molecule has 0 saturated carbocycles. The second kappa shape index (κ2) is 6.06. The number of amides is 1. The van der Waals surface area contributed by atoms with Gasteiger partial charge in [0.05, 0.1) is 16.1 Å².